The van der Waals surface area contributed by atoms with Gasteiger partial charge in [-0.05, 0) is 43.2 Å². The molecule has 4 heteroatoms. The van der Waals surface area contributed by atoms with Crippen molar-refractivity contribution in [1.29, 1.82) is 0 Å². The molecule has 0 N–H and O–H groups in total. The summed E-state index contributed by atoms with van der Waals surface area (Å²) in [7, 11) is 0. The fourth-order valence-electron chi connectivity index (χ4n) is 2.56. The molecule has 2 nitrogen and oxygen atoms in total. The predicted molar refractivity (Wildman–Crippen MR) is 69.7 cm³/mol. The maximum Gasteiger partial charge on any atom is 0.133 e. The second kappa shape index (κ2) is 4.73. The van der Waals surface area contributed by atoms with E-state index in [0.717, 1.165) is 11.4 Å². The van der Waals surface area contributed by atoms with Gasteiger partial charge in [-0.3, -0.25) is 0 Å². The molecule has 0 spiro atoms. The molecule has 1 fully saturated rings. The number of halogens is 2. The minimum Gasteiger partial charge on any atom is -0.222 e. The van der Waals surface area contributed by atoms with E-state index in [1.54, 1.807) is 16.8 Å². The summed E-state index contributed by atoms with van der Waals surface area (Å²) in [6.07, 6.45) is 4.92. The van der Waals surface area contributed by atoms with Gasteiger partial charge in [0, 0.05) is 5.92 Å². The maximum absolute atomic E-state index is 12.9. The van der Waals surface area contributed by atoms with Gasteiger partial charge in [0.15, 0.2) is 0 Å². The molecule has 18 heavy (non-hydrogen) atoms. The smallest absolute Gasteiger partial charge is 0.133 e. The van der Waals surface area contributed by atoms with Crippen LogP contribution in [0.2, 0.25) is 5.15 Å². The molecule has 0 saturated heterocycles. The van der Waals surface area contributed by atoms with E-state index in [9.17, 15) is 4.39 Å². The van der Waals surface area contributed by atoms with Crippen molar-refractivity contribution in [2.75, 3.05) is 0 Å². The second-order valence-electron chi connectivity index (χ2n) is 4.76. The predicted octanol–water partition coefficient (Wildman–Crippen LogP) is 4.32. The Kier molecular flexibility index (Phi) is 3.08. The molecule has 1 aromatic heterocycles. The Hall–Kier alpha value is -1.35. The minimum atomic E-state index is -0.252. The highest BCUT2D eigenvalue weighted by Gasteiger charge is 2.21. The van der Waals surface area contributed by atoms with Gasteiger partial charge in [0.05, 0.1) is 11.4 Å². The average Bonchev–Trinajstić information content (AvgIpc) is 2.99. The largest absolute Gasteiger partial charge is 0.222 e. The third-order valence-corrected chi connectivity index (χ3v) is 3.80. The van der Waals surface area contributed by atoms with Gasteiger partial charge in [-0.25, -0.2) is 9.07 Å². The Balaban J connectivity index is 1.94. The Morgan fingerprint density at radius 1 is 1.17 bits per heavy atom. The first-order chi connectivity index (χ1) is 8.74. The molecule has 0 atom stereocenters. The number of aromatic nitrogens is 2. The average molecular weight is 265 g/mol. The van der Waals surface area contributed by atoms with E-state index in [-0.39, 0.29) is 5.82 Å². The molecule has 1 aromatic carbocycles. The molecule has 94 valence electrons. The zero-order valence-electron chi connectivity index (χ0n) is 9.94. The number of benzene rings is 1. The van der Waals surface area contributed by atoms with Crippen LogP contribution in [0.25, 0.3) is 5.69 Å². The van der Waals surface area contributed by atoms with Gasteiger partial charge < -0.3 is 0 Å². The molecular weight excluding hydrogens is 251 g/mol. The van der Waals surface area contributed by atoms with Gasteiger partial charge in [-0.1, -0.05) is 24.4 Å². The highest BCUT2D eigenvalue weighted by molar-refractivity contribution is 6.29. The van der Waals surface area contributed by atoms with Crippen LogP contribution in [-0.4, -0.2) is 9.78 Å². The van der Waals surface area contributed by atoms with Crippen LogP contribution < -0.4 is 0 Å². The highest BCUT2D eigenvalue weighted by atomic mass is 35.5. The monoisotopic (exact) mass is 264 g/mol. The summed E-state index contributed by atoms with van der Waals surface area (Å²) in [6, 6.07) is 8.14. The van der Waals surface area contributed by atoms with E-state index in [1.165, 1.54) is 37.8 Å². The molecule has 0 bridgehead atoms. The zero-order valence-corrected chi connectivity index (χ0v) is 10.7. The standard InChI is InChI=1S/C14H14ClFN2/c15-14-9-13(10-3-1-2-4-10)17-18(14)12-7-5-11(16)6-8-12/h5-10H,1-4H2. The van der Waals surface area contributed by atoms with Crippen LogP contribution in [0.3, 0.4) is 0 Å². The number of hydrogen-bond acceptors (Lipinski definition) is 1. The highest BCUT2D eigenvalue weighted by Crippen LogP contribution is 2.34. The molecule has 1 aliphatic rings. The van der Waals surface area contributed by atoms with E-state index in [1.807, 2.05) is 6.07 Å². The van der Waals surface area contributed by atoms with Crippen molar-refractivity contribution in [3.63, 3.8) is 0 Å². The SMILES string of the molecule is Fc1ccc(-n2nc(C3CCCC3)cc2Cl)cc1. The van der Waals surface area contributed by atoms with Crippen LogP contribution in [-0.2, 0) is 0 Å². The van der Waals surface area contributed by atoms with Gasteiger partial charge in [0.1, 0.15) is 11.0 Å². The summed E-state index contributed by atoms with van der Waals surface area (Å²) in [4.78, 5) is 0. The number of hydrogen-bond donors (Lipinski definition) is 0. The second-order valence-corrected chi connectivity index (χ2v) is 5.15. The fourth-order valence-corrected chi connectivity index (χ4v) is 2.81. The van der Waals surface area contributed by atoms with Gasteiger partial charge in [-0.15, -0.1) is 0 Å². The molecule has 0 aliphatic heterocycles. The Labute approximate surface area is 110 Å². The lowest BCUT2D eigenvalue weighted by Crippen LogP contribution is -1.99. The van der Waals surface area contributed by atoms with E-state index in [4.69, 9.17) is 11.6 Å². The summed E-state index contributed by atoms with van der Waals surface area (Å²) < 4.78 is 14.6. The van der Waals surface area contributed by atoms with Crippen LogP contribution in [0, 0.1) is 5.82 Å². The summed E-state index contributed by atoms with van der Waals surface area (Å²) in [5.74, 6) is 0.280. The first-order valence-electron chi connectivity index (χ1n) is 6.25. The summed E-state index contributed by atoms with van der Waals surface area (Å²) in [6.45, 7) is 0. The molecule has 1 aliphatic carbocycles. The van der Waals surface area contributed by atoms with E-state index < -0.39 is 0 Å². The lowest BCUT2D eigenvalue weighted by molar-refractivity contribution is 0.626. The molecule has 2 aromatic rings. The summed E-state index contributed by atoms with van der Waals surface area (Å²) in [5, 5.41) is 5.14. The molecular formula is C14H14ClFN2. The Morgan fingerprint density at radius 2 is 1.83 bits per heavy atom. The van der Waals surface area contributed by atoms with Crippen LogP contribution >= 0.6 is 11.6 Å². The first kappa shape index (κ1) is 11.7. The van der Waals surface area contributed by atoms with Crippen LogP contribution in [0.1, 0.15) is 37.3 Å². The zero-order chi connectivity index (χ0) is 12.5. The number of rotatable bonds is 2. The van der Waals surface area contributed by atoms with Crippen LogP contribution in [0.4, 0.5) is 4.39 Å². The molecule has 0 unspecified atom stereocenters. The van der Waals surface area contributed by atoms with Crippen molar-refractivity contribution in [3.8, 4) is 5.69 Å². The Morgan fingerprint density at radius 3 is 2.50 bits per heavy atom. The van der Waals surface area contributed by atoms with Crippen LogP contribution in [0.15, 0.2) is 30.3 Å². The normalized spacial score (nSPS) is 16.3. The van der Waals surface area contributed by atoms with Gasteiger partial charge in [-0.2, -0.15) is 5.10 Å². The van der Waals surface area contributed by atoms with Crippen molar-refractivity contribution in [2.24, 2.45) is 0 Å². The van der Waals surface area contributed by atoms with Crippen molar-refractivity contribution >= 4 is 11.6 Å². The number of nitrogens with zero attached hydrogens (tertiary/aromatic N) is 2. The summed E-state index contributed by atoms with van der Waals surface area (Å²) in [5.41, 5.74) is 1.85. The topological polar surface area (TPSA) is 17.8 Å². The molecule has 1 saturated carbocycles. The molecule has 3 rings (SSSR count). The van der Waals surface area contributed by atoms with Gasteiger partial charge in [0.2, 0.25) is 0 Å². The summed E-state index contributed by atoms with van der Waals surface area (Å²) >= 11 is 6.20. The first-order valence-corrected chi connectivity index (χ1v) is 6.63. The van der Waals surface area contributed by atoms with Crippen molar-refractivity contribution < 1.29 is 4.39 Å². The minimum absolute atomic E-state index is 0.252. The fraction of sp³-hybridized carbons (Fsp3) is 0.357. The quantitative estimate of drug-likeness (QED) is 0.790. The third-order valence-electron chi connectivity index (χ3n) is 3.53. The van der Waals surface area contributed by atoms with Crippen molar-refractivity contribution in [3.05, 3.63) is 47.0 Å². The third kappa shape index (κ3) is 2.15. The van der Waals surface area contributed by atoms with E-state index in [2.05, 4.69) is 5.10 Å². The maximum atomic E-state index is 12.9. The van der Waals surface area contributed by atoms with Crippen LogP contribution in [0.5, 0.6) is 0 Å². The molecule has 1 heterocycles. The molecule has 0 amide bonds. The van der Waals surface area contributed by atoms with Crippen molar-refractivity contribution in [1.82, 2.24) is 9.78 Å². The lowest BCUT2D eigenvalue weighted by atomic mass is 10.1. The van der Waals surface area contributed by atoms with E-state index in [0.29, 0.717) is 11.1 Å². The van der Waals surface area contributed by atoms with Gasteiger partial charge >= 0.3 is 0 Å². The van der Waals surface area contributed by atoms with Crippen molar-refractivity contribution in [2.45, 2.75) is 31.6 Å². The molecule has 0 radical (unpaired) electrons. The lowest BCUT2D eigenvalue weighted by Gasteiger charge is -2.05. The Bertz CT molecular complexity index is 541. The van der Waals surface area contributed by atoms with Gasteiger partial charge in [0.25, 0.3) is 0 Å². The van der Waals surface area contributed by atoms with E-state index >= 15 is 0 Å².